The fourth-order valence-electron chi connectivity index (χ4n) is 2.75. The average Bonchev–Trinajstić information content (AvgIpc) is 2.68. The maximum absolute atomic E-state index is 14.8. The summed E-state index contributed by atoms with van der Waals surface area (Å²) in [5.74, 6) is -5.07. The summed E-state index contributed by atoms with van der Waals surface area (Å²) < 4.78 is 64.3. The third-order valence-corrected chi connectivity index (χ3v) is 4.52. The molecule has 1 heterocycles. The summed E-state index contributed by atoms with van der Waals surface area (Å²) in [5, 5.41) is 0.494. The predicted octanol–water partition coefficient (Wildman–Crippen LogP) is 2.94. The summed E-state index contributed by atoms with van der Waals surface area (Å²) in [7, 11) is 0. The third kappa shape index (κ3) is 4.24. The molecule has 6 nitrogen and oxygen atoms in total. The quantitative estimate of drug-likeness (QED) is 0.271. The highest BCUT2D eigenvalue weighted by molar-refractivity contribution is 7.77. The molecule has 2 aromatic carbocycles. The number of halogens is 3. The zero-order valence-electron chi connectivity index (χ0n) is 14.3. The van der Waals surface area contributed by atoms with Gasteiger partial charge < -0.3 is 0 Å². The lowest BCUT2D eigenvalue weighted by molar-refractivity contribution is 0.102. The van der Waals surface area contributed by atoms with Gasteiger partial charge in [-0.3, -0.25) is 9.35 Å². The molecular formula is C18H14F3N3O3S. The Kier molecular flexibility index (Phi) is 6.12. The van der Waals surface area contributed by atoms with E-state index in [4.69, 9.17) is 4.55 Å². The first kappa shape index (κ1) is 20.1. The number of aromatic nitrogens is 2. The molecule has 0 aliphatic carbocycles. The summed E-state index contributed by atoms with van der Waals surface area (Å²) in [5.41, 5.74) is -0.669. The summed E-state index contributed by atoms with van der Waals surface area (Å²) in [4.78, 5) is 20.5. The molecule has 0 radical (unpaired) electrons. The minimum atomic E-state index is -2.23. The van der Waals surface area contributed by atoms with Crippen molar-refractivity contribution in [3.05, 3.63) is 70.9 Å². The van der Waals surface area contributed by atoms with Gasteiger partial charge in [-0.25, -0.2) is 32.1 Å². The normalized spacial score (nSPS) is 12.3. The van der Waals surface area contributed by atoms with E-state index in [1.54, 1.807) is 0 Å². The highest BCUT2D eigenvalue weighted by atomic mass is 32.2. The van der Waals surface area contributed by atoms with Crippen molar-refractivity contribution in [1.82, 2.24) is 14.7 Å². The molecule has 10 heteroatoms. The topological polar surface area (TPSA) is 92.2 Å². The van der Waals surface area contributed by atoms with E-state index >= 15 is 0 Å². The second-order valence-electron chi connectivity index (χ2n) is 5.89. The number of rotatable bonds is 7. The lowest BCUT2D eigenvalue weighted by Crippen LogP contribution is -2.18. The Hall–Kier alpha value is -2.69. The van der Waals surface area contributed by atoms with Crippen LogP contribution in [0.25, 0.3) is 10.9 Å². The molecule has 0 amide bonds. The molecule has 0 fully saturated rings. The Morgan fingerprint density at radius 3 is 2.71 bits per heavy atom. The first-order chi connectivity index (χ1) is 13.4. The zero-order valence-corrected chi connectivity index (χ0v) is 15.1. The third-order valence-electron chi connectivity index (χ3n) is 4.07. The van der Waals surface area contributed by atoms with Gasteiger partial charge in [0.15, 0.2) is 17.4 Å². The zero-order chi connectivity index (χ0) is 20.3. The van der Waals surface area contributed by atoms with Crippen LogP contribution >= 0.6 is 0 Å². The maximum atomic E-state index is 14.8. The second-order valence-corrected chi connectivity index (χ2v) is 6.68. The Labute approximate surface area is 160 Å². The molecule has 3 aromatic rings. The summed E-state index contributed by atoms with van der Waals surface area (Å²) >= 11 is -2.23. The monoisotopic (exact) mass is 409 g/mol. The highest BCUT2D eigenvalue weighted by Gasteiger charge is 2.25. The molecule has 0 bridgehead atoms. The fraction of sp³-hybridized carbons (Fsp3) is 0.167. The molecule has 146 valence electrons. The minimum Gasteiger partial charge on any atom is -0.294 e. The van der Waals surface area contributed by atoms with Crippen LogP contribution in [0.1, 0.15) is 27.9 Å². The number of hydrogen-bond acceptors (Lipinski definition) is 4. The number of nitrogens with one attached hydrogen (secondary N) is 1. The van der Waals surface area contributed by atoms with Crippen molar-refractivity contribution in [2.45, 2.75) is 12.8 Å². The van der Waals surface area contributed by atoms with Crippen LogP contribution < -0.4 is 4.72 Å². The largest absolute Gasteiger partial charge is 0.294 e. The van der Waals surface area contributed by atoms with Crippen LogP contribution in [0.5, 0.6) is 0 Å². The van der Waals surface area contributed by atoms with Crippen LogP contribution in [0.4, 0.5) is 13.2 Å². The lowest BCUT2D eigenvalue weighted by Gasteiger charge is -2.11. The number of hydrogen-bond donors (Lipinski definition) is 2. The van der Waals surface area contributed by atoms with Crippen molar-refractivity contribution in [2.75, 3.05) is 6.54 Å². The summed E-state index contributed by atoms with van der Waals surface area (Å²) in [6.07, 6.45) is 2.89. The smallest absolute Gasteiger partial charge is 0.231 e. The van der Waals surface area contributed by atoms with Crippen molar-refractivity contribution >= 4 is 28.0 Å². The first-order valence-corrected chi connectivity index (χ1v) is 9.24. The van der Waals surface area contributed by atoms with Crippen LogP contribution in [0.15, 0.2) is 36.8 Å². The predicted molar refractivity (Wildman–Crippen MR) is 96.4 cm³/mol. The highest BCUT2D eigenvalue weighted by Crippen LogP contribution is 2.25. The number of nitrogens with zero attached hydrogens (tertiary/aromatic N) is 2. The maximum Gasteiger partial charge on any atom is 0.231 e. The van der Waals surface area contributed by atoms with Gasteiger partial charge in [-0.1, -0.05) is 0 Å². The van der Waals surface area contributed by atoms with Crippen molar-refractivity contribution in [1.29, 1.82) is 0 Å². The summed E-state index contributed by atoms with van der Waals surface area (Å²) in [6, 6.07) is 4.91. The standard InChI is InChI=1S/C18H14F3N3O3S/c19-13-7-10(2-1-5-24-28(26)27)16(20)15(17(13)21)18(25)11-3-4-14-12(6-11)8-22-9-23-14/h3-4,6-9,24H,1-2,5H2,(H,26,27). The Morgan fingerprint density at radius 2 is 1.96 bits per heavy atom. The van der Waals surface area contributed by atoms with E-state index in [-0.39, 0.29) is 30.5 Å². The molecule has 1 atom stereocenters. The Balaban J connectivity index is 1.94. The van der Waals surface area contributed by atoms with Crippen molar-refractivity contribution in [3.63, 3.8) is 0 Å². The van der Waals surface area contributed by atoms with Crippen LogP contribution in [-0.2, 0) is 17.7 Å². The van der Waals surface area contributed by atoms with E-state index in [0.717, 1.165) is 0 Å². The van der Waals surface area contributed by atoms with Gasteiger partial charge in [0.1, 0.15) is 12.1 Å². The van der Waals surface area contributed by atoms with Gasteiger partial charge in [0.05, 0.1) is 11.1 Å². The summed E-state index contributed by atoms with van der Waals surface area (Å²) in [6.45, 7) is 0.0511. The molecule has 2 N–H and O–H groups in total. The molecule has 0 aliphatic heterocycles. The molecular weight excluding hydrogens is 395 g/mol. The van der Waals surface area contributed by atoms with Gasteiger partial charge in [-0.05, 0) is 42.7 Å². The molecule has 0 saturated heterocycles. The number of benzene rings is 2. The number of ketones is 1. The average molecular weight is 409 g/mol. The fourth-order valence-corrected chi connectivity index (χ4v) is 3.06. The van der Waals surface area contributed by atoms with E-state index in [1.165, 1.54) is 30.7 Å². The van der Waals surface area contributed by atoms with Gasteiger partial charge in [-0.15, -0.1) is 0 Å². The molecule has 0 aliphatic rings. The molecule has 0 saturated carbocycles. The van der Waals surface area contributed by atoms with Crippen LogP contribution in [0.2, 0.25) is 0 Å². The van der Waals surface area contributed by atoms with Gasteiger partial charge in [0.2, 0.25) is 11.3 Å². The van der Waals surface area contributed by atoms with E-state index in [0.29, 0.717) is 17.0 Å². The second kappa shape index (κ2) is 8.55. The Morgan fingerprint density at radius 1 is 1.18 bits per heavy atom. The van der Waals surface area contributed by atoms with Gasteiger partial charge >= 0.3 is 0 Å². The number of aryl methyl sites for hydroxylation is 1. The molecule has 1 aromatic heterocycles. The number of fused-ring (bicyclic) bond motifs is 1. The Bertz CT molecular complexity index is 1080. The molecule has 3 rings (SSSR count). The van der Waals surface area contributed by atoms with Crippen molar-refractivity contribution in [3.8, 4) is 0 Å². The van der Waals surface area contributed by atoms with Gasteiger partial charge in [-0.2, -0.15) is 0 Å². The number of carbonyl (C=O) groups is 1. The van der Waals surface area contributed by atoms with E-state index in [9.17, 15) is 22.2 Å². The molecule has 1 unspecified atom stereocenters. The van der Waals surface area contributed by atoms with Crippen LogP contribution in [-0.4, -0.2) is 31.1 Å². The molecule has 28 heavy (non-hydrogen) atoms. The first-order valence-electron chi connectivity index (χ1n) is 8.13. The van der Waals surface area contributed by atoms with Crippen LogP contribution in [0, 0.1) is 17.5 Å². The van der Waals surface area contributed by atoms with Crippen LogP contribution in [0.3, 0.4) is 0 Å². The minimum absolute atomic E-state index is 0.0333. The van der Waals surface area contributed by atoms with E-state index in [2.05, 4.69) is 14.7 Å². The van der Waals surface area contributed by atoms with Crippen molar-refractivity contribution < 1.29 is 26.7 Å². The van der Waals surface area contributed by atoms with E-state index < -0.39 is 40.1 Å². The SMILES string of the molecule is O=C(c1ccc2ncncc2c1)c1c(F)c(F)cc(CCCNS(=O)O)c1F. The van der Waals surface area contributed by atoms with Gasteiger partial charge in [0.25, 0.3) is 0 Å². The van der Waals surface area contributed by atoms with Gasteiger partial charge in [0, 0.05) is 23.7 Å². The number of carbonyl (C=O) groups excluding carboxylic acids is 1. The van der Waals surface area contributed by atoms with E-state index in [1.807, 2.05) is 0 Å². The molecule has 0 spiro atoms. The lowest BCUT2D eigenvalue weighted by atomic mass is 9.97. The van der Waals surface area contributed by atoms with Crippen molar-refractivity contribution in [2.24, 2.45) is 0 Å².